The lowest BCUT2D eigenvalue weighted by Gasteiger charge is -2.09. The molecule has 6 nitrogen and oxygen atoms in total. The van der Waals surface area contributed by atoms with Crippen LogP contribution in [0.5, 0.6) is 0 Å². The summed E-state index contributed by atoms with van der Waals surface area (Å²) in [4.78, 5) is 33.7. The molecule has 1 rings (SSSR count). The minimum absolute atomic E-state index is 0.0707. The van der Waals surface area contributed by atoms with E-state index >= 15 is 0 Å². The van der Waals surface area contributed by atoms with Crippen molar-refractivity contribution in [3.8, 4) is 0 Å². The molecule has 1 aromatic carbocycles. The van der Waals surface area contributed by atoms with E-state index < -0.39 is 11.9 Å². The largest absolute Gasteiger partial charge is 0.478 e. The van der Waals surface area contributed by atoms with Gasteiger partial charge in [-0.25, -0.2) is 9.59 Å². The number of hydrogen-bond donors (Lipinski definition) is 1. The number of carboxylic acids is 1. The van der Waals surface area contributed by atoms with Crippen LogP contribution in [0, 0.1) is 6.92 Å². The van der Waals surface area contributed by atoms with E-state index in [1.54, 1.807) is 13.8 Å². The summed E-state index contributed by atoms with van der Waals surface area (Å²) in [5.41, 5.74) is 0.661. The summed E-state index contributed by atoms with van der Waals surface area (Å²) < 4.78 is 9.88. The highest BCUT2D eigenvalue weighted by Gasteiger charge is 2.16. The zero-order valence-corrected chi connectivity index (χ0v) is 12.0. The van der Waals surface area contributed by atoms with Crippen molar-refractivity contribution in [2.75, 3.05) is 13.2 Å². The lowest BCUT2D eigenvalue weighted by molar-refractivity contribution is -0.143. The first-order valence-electron chi connectivity index (χ1n) is 6.63. The fraction of sp³-hybridized carbons (Fsp3) is 0.400. The summed E-state index contributed by atoms with van der Waals surface area (Å²) in [5, 5.41) is 8.99. The van der Waals surface area contributed by atoms with Crippen molar-refractivity contribution in [1.29, 1.82) is 0 Å². The first kappa shape index (κ1) is 16.7. The van der Waals surface area contributed by atoms with Crippen molar-refractivity contribution in [2.24, 2.45) is 0 Å². The van der Waals surface area contributed by atoms with Crippen LogP contribution in [0.2, 0.25) is 0 Å². The van der Waals surface area contributed by atoms with Crippen LogP contribution >= 0.6 is 0 Å². The van der Waals surface area contributed by atoms with E-state index in [0.29, 0.717) is 18.4 Å². The highest BCUT2D eigenvalue weighted by Crippen LogP contribution is 2.15. The summed E-state index contributed by atoms with van der Waals surface area (Å²) in [6.07, 6.45) is 0.704. The summed E-state index contributed by atoms with van der Waals surface area (Å²) in [7, 11) is 0. The normalized spacial score (nSPS) is 10.0. The third-order valence-electron chi connectivity index (χ3n) is 2.86. The van der Waals surface area contributed by atoms with Crippen LogP contribution in [0.1, 0.15) is 46.0 Å². The van der Waals surface area contributed by atoms with Gasteiger partial charge in [0.15, 0.2) is 0 Å². The fourth-order valence-electron chi connectivity index (χ4n) is 1.68. The molecule has 0 unspecified atom stereocenters. The number of benzene rings is 1. The van der Waals surface area contributed by atoms with E-state index in [9.17, 15) is 14.4 Å². The molecule has 0 aromatic heterocycles. The number of aromatic carboxylic acids is 1. The maximum Gasteiger partial charge on any atom is 0.338 e. The van der Waals surface area contributed by atoms with Gasteiger partial charge >= 0.3 is 17.9 Å². The quantitative estimate of drug-likeness (QED) is 0.612. The molecule has 0 fully saturated rings. The molecule has 0 atom stereocenters. The lowest BCUT2D eigenvalue weighted by atomic mass is 10.0. The number of ether oxygens (including phenoxy) is 2. The molecule has 0 saturated heterocycles. The summed E-state index contributed by atoms with van der Waals surface area (Å²) in [6, 6.07) is 4.44. The molecular weight excluding hydrogens is 276 g/mol. The van der Waals surface area contributed by atoms with Gasteiger partial charge in [-0.1, -0.05) is 13.0 Å². The molecule has 0 amide bonds. The van der Waals surface area contributed by atoms with Crippen LogP contribution in [-0.4, -0.2) is 36.2 Å². The van der Waals surface area contributed by atoms with E-state index in [0.717, 1.165) is 0 Å². The Kier molecular flexibility index (Phi) is 6.39. The monoisotopic (exact) mass is 294 g/mol. The second-order valence-electron chi connectivity index (χ2n) is 4.35. The Balaban J connectivity index is 2.51. The minimum atomic E-state index is -1.09. The van der Waals surface area contributed by atoms with Gasteiger partial charge in [0.25, 0.3) is 0 Å². The summed E-state index contributed by atoms with van der Waals surface area (Å²) >= 11 is 0. The van der Waals surface area contributed by atoms with Crippen LogP contribution in [0.3, 0.4) is 0 Å². The molecule has 1 aromatic rings. The van der Waals surface area contributed by atoms with E-state index in [2.05, 4.69) is 0 Å². The molecule has 0 bridgehead atoms. The number of carbonyl (C=O) groups is 3. The average Bonchev–Trinajstić information content (AvgIpc) is 2.46. The van der Waals surface area contributed by atoms with Crippen LogP contribution in [0.25, 0.3) is 0 Å². The van der Waals surface area contributed by atoms with E-state index in [4.69, 9.17) is 14.6 Å². The Hall–Kier alpha value is -2.37. The lowest BCUT2D eigenvalue weighted by Crippen LogP contribution is -2.13. The first-order chi connectivity index (χ1) is 9.97. The Labute approximate surface area is 122 Å². The van der Waals surface area contributed by atoms with Crippen LogP contribution < -0.4 is 0 Å². The number of esters is 2. The molecule has 21 heavy (non-hydrogen) atoms. The van der Waals surface area contributed by atoms with Gasteiger partial charge in [-0.15, -0.1) is 0 Å². The number of hydrogen-bond acceptors (Lipinski definition) is 5. The average molecular weight is 294 g/mol. The molecule has 114 valence electrons. The highest BCUT2D eigenvalue weighted by molar-refractivity contribution is 5.97. The maximum atomic E-state index is 11.9. The van der Waals surface area contributed by atoms with Crippen molar-refractivity contribution >= 4 is 17.9 Å². The van der Waals surface area contributed by atoms with Gasteiger partial charge in [0.1, 0.15) is 0 Å². The van der Waals surface area contributed by atoms with Gasteiger partial charge in [-0.2, -0.15) is 0 Å². The van der Waals surface area contributed by atoms with Crippen molar-refractivity contribution < 1.29 is 29.0 Å². The van der Waals surface area contributed by atoms with Crippen molar-refractivity contribution in [2.45, 2.75) is 26.7 Å². The highest BCUT2D eigenvalue weighted by atomic mass is 16.5. The second kappa shape index (κ2) is 8.04. The number of carbonyl (C=O) groups excluding carboxylic acids is 2. The molecule has 0 aliphatic rings. The Morgan fingerprint density at radius 3 is 2.33 bits per heavy atom. The minimum Gasteiger partial charge on any atom is -0.478 e. The molecule has 6 heteroatoms. The van der Waals surface area contributed by atoms with E-state index in [1.807, 2.05) is 0 Å². The predicted molar refractivity (Wildman–Crippen MR) is 74.3 cm³/mol. The SMILES string of the molecule is CCC(=O)OCCCOC(=O)c1cccc(C(=O)O)c1C. The summed E-state index contributed by atoms with van der Waals surface area (Å²) in [5.74, 6) is -1.97. The van der Waals surface area contributed by atoms with Gasteiger partial charge in [0, 0.05) is 12.8 Å². The molecule has 0 saturated carbocycles. The topological polar surface area (TPSA) is 89.9 Å². The Bertz CT molecular complexity index is 535. The molecule has 0 aliphatic heterocycles. The van der Waals surface area contributed by atoms with Crippen LogP contribution in [0.4, 0.5) is 0 Å². The second-order valence-corrected chi connectivity index (χ2v) is 4.35. The van der Waals surface area contributed by atoms with Crippen molar-refractivity contribution in [1.82, 2.24) is 0 Å². The fourth-order valence-corrected chi connectivity index (χ4v) is 1.68. The van der Waals surface area contributed by atoms with Gasteiger partial charge in [0.2, 0.25) is 0 Å². The smallest absolute Gasteiger partial charge is 0.338 e. The van der Waals surface area contributed by atoms with Gasteiger partial charge < -0.3 is 14.6 Å². The molecule has 0 heterocycles. The van der Waals surface area contributed by atoms with Gasteiger partial charge in [0.05, 0.1) is 24.3 Å². The van der Waals surface area contributed by atoms with Crippen molar-refractivity contribution in [3.63, 3.8) is 0 Å². The predicted octanol–water partition coefficient (Wildman–Crippen LogP) is 2.19. The van der Waals surface area contributed by atoms with Crippen molar-refractivity contribution in [3.05, 3.63) is 34.9 Å². The Morgan fingerprint density at radius 1 is 1.10 bits per heavy atom. The number of carboxylic acid groups (broad SMARTS) is 1. The molecule has 0 aliphatic carbocycles. The maximum absolute atomic E-state index is 11.9. The standard InChI is InChI=1S/C15H18O6/c1-3-13(16)20-8-5-9-21-15(19)12-7-4-6-11(10(12)2)14(17)18/h4,6-7H,3,5,8-9H2,1-2H3,(H,17,18). The Morgan fingerprint density at radius 2 is 1.71 bits per heavy atom. The first-order valence-corrected chi connectivity index (χ1v) is 6.63. The van der Waals surface area contributed by atoms with E-state index in [-0.39, 0.29) is 30.3 Å². The van der Waals surface area contributed by atoms with Gasteiger partial charge in [-0.3, -0.25) is 4.79 Å². The number of rotatable bonds is 7. The third-order valence-corrected chi connectivity index (χ3v) is 2.86. The molecular formula is C15H18O6. The third kappa shape index (κ3) is 4.91. The summed E-state index contributed by atoms with van der Waals surface area (Å²) in [6.45, 7) is 3.55. The zero-order chi connectivity index (χ0) is 15.8. The molecule has 1 N–H and O–H groups in total. The van der Waals surface area contributed by atoms with Gasteiger partial charge in [-0.05, 0) is 24.6 Å². The molecule has 0 radical (unpaired) electrons. The molecule has 0 spiro atoms. The van der Waals surface area contributed by atoms with Crippen LogP contribution in [-0.2, 0) is 14.3 Å². The van der Waals surface area contributed by atoms with E-state index in [1.165, 1.54) is 18.2 Å². The van der Waals surface area contributed by atoms with Crippen LogP contribution in [0.15, 0.2) is 18.2 Å². The zero-order valence-electron chi connectivity index (χ0n) is 12.0.